The fourth-order valence-corrected chi connectivity index (χ4v) is 2.63. The second-order valence-corrected chi connectivity index (χ2v) is 5.49. The van der Waals surface area contributed by atoms with Gasteiger partial charge >= 0.3 is 0 Å². The molecular formula is C11H14N4O3S. The molecular weight excluding hydrogens is 268 g/mol. The van der Waals surface area contributed by atoms with Crippen molar-refractivity contribution in [3.05, 3.63) is 30.2 Å². The molecule has 0 amide bonds. The molecule has 7 nitrogen and oxygen atoms in total. The summed E-state index contributed by atoms with van der Waals surface area (Å²) in [5.74, 6) is 0.0730. The summed E-state index contributed by atoms with van der Waals surface area (Å²) < 4.78 is 31.6. The Morgan fingerprint density at radius 2 is 2.21 bits per heavy atom. The summed E-state index contributed by atoms with van der Waals surface area (Å²) in [6.07, 6.45) is 2.80. The zero-order valence-corrected chi connectivity index (χ0v) is 11.4. The normalized spacial score (nSPS) is 11.3. The Labute approximate surface area is 111 Å². The van der Waals surface area contributed by atoms with Crippen molar-refractivity contribution in [2.75, 3.05) is 16.6 Å². The van der Waals surface area contributed by atoms with Gasteiger partial charge < -0.3 is 9.84 Å². The van der Waals surface area contributed by atoms with Gasteiger partial charge in [-0.3, -0.25) is 4.98 Å². The van der Waals surface area contributed by atoms with E-state index in [4.69, 9.17) is 4.52 Å². The standard InChI is InChI=1S/C11H14N4O3S/c1-3-13-9-4-5-12-7-10(9)19(16,17)15-11-6-8(2)14-18-11/h4-7,15H,3H2,1-2H3,(H,12,13). The van der Waals surface area contributed by atoms with Gasteiger partial charge in [-0.1, -0.05) is 5.16 Å². The largest absolute Gasteiger partial charge is 0.384 e. The van der Waals surface area contributed by atoms with Crippen LogP contribution in [0.5, 0.6) is 0 Å². The van der Waals surface area contributed by atoms with Gasteiger partial charge in [-0.2, -0.15) is 0 Å². The number of hydrogen-bond acceptors (Lipinski definition) is 6. The lowest BCUT2D eigenvalue weighted by Crippen LogP contribution is -2.15. The topological polar surface area (TPSA) is 97.1 Å². The minimum absolute atomic E-state index is 0.0610. The molecule has 0 bridgehead atoms. The summed E-state index contributed by atoms with van der Waals surface area (Å²) >= 11 is 0. The summed E-state index contributed by atoms with van der Waals surface area (Å²) in [6.45, 7) is 4.19. The summed E-state index contributed by atoms with van der Waals surface area (Å²) in [5, 5.41) is 6.59. The Kier molecular flexibility index (Phi) is 3.70. The highest BCUT2D eigenvalue weighted by Crippen LogP contribution is 2.22. The van der Waals surface area contributed by atoms with Crippen molar-refractivity contribution < 1.29 is 12.9 Å². The van der Waals surface area contributed by atoms with Crippen molar-refractivity contribution in [2.45, 2.75) is 18.7 Å². The molecule has 0 aliphatic rings. The van der Waals surface area contributed by atoms with Gasteiger partial charge in [0, 0.05) is 25.0 Å². The van der Waals surface area contributed by atoms with Crippen molar-refractivity contribution in [1.82, 2.24) is 10.1 Å². The van der Waals surface area contributed by atoms with Crippen LogP contribution in [0.25, 0.3) is 0 Å². The lowest BCUT2D eigenvalue weighted by Gasteiger charge is -2.10. The van der Waals surface area contributed by atoms with Crippen LogP contribution in [0, 0.1) is 6.92 Å². The van der Waals surface area contributed by atoms with E-state index in [1.165, 1.54) is 18.5 Å². The number of sulfonamides is 1. The maximum Gasteiger partial charge on any atom is 0.267 e. The maximum atomic E-state index is 12.2. The van der Waals surface area contributed by atoms with Crippen molar-refractivity contribution in [3.8, 4) is 0 Å². The maximum absolute atomic E-state index is 12.2. The predicted molar refractivity (Wildman–Crippen MR) is 70.4 cm³/mol. The lowest BCUT2D eigenvalue weighted by molar-refractivity contribution is 0.430. The van der Waals surface area contributed by atoms with E-state index in [1.54, 1.807) is 13.0 Å². The molecule has 0 atom stereocenters. The Morgan fingerprint density at radius 1 is 1.42 bits per heavy atom. The van der Waals surface area contributed by atoms with Crippen LogP contribution in [0.4, 0.5) is 11.6 Å². The van der Waals surface area contributed by atoms with Crippen molar-refractivity contribution in [1.29, 1.82) is 0 Å². The third-order valence-electron chi connectivity index (χ3n) is 2.30. The van der Waals surface area contributed by atoms with Crippen molar-refractivity contribution in [2.24, 2.45) is 0 Å². The van der Waals surface area contributed by atoms with Crippen LogP contribution < -0.4 is 10.0 Å². The molecule has 0 saturated heterocycles. The van der Waals surface area contributed by atoms with Gasteiger partial charge in [-0.05, 0) is 19.9 Å². The third-order valence-corrected chi connectivity index (χ3v) is 3.68. The molecule has 0 aromatic carbocycles. The zero-order chi connectivity index (χ0) is 13.9. The molecule has 0 saturated carbocycles. The van der Waals surface area contributed by atoms with E-state index < -0.39 is 10.0 Å². The van der Waals surface area contributed by atoms with Gasteiger partial charge in [0.15, 0.2) is 0 Å². The molecule has 0 fully saturated rings. The van der Waals surface area contributed by atoms with Crippen molar-refractivity contribution in [3.63, 3.8) is 0 Å². The molecule has 2 aromatic rings. The summed E-state index contributed by atoms with van der Waals surface area (Å²) in [6, 6.07) is 3.10. The fraction of sp³-hybridized carbons (Fsp3) is 0.273. The SMILES string of the molecule is CCNc1ccncc1S(=O)(=O)Nc1cc(C)no1. The van der Waals surface area contributed by atoms with Crippen LogP contribution in [0.3, 0.4) is 0 Å². The first-order valence-electron chi connectivity index (χ1n) is 5.67. The van der Waals surface area contributed by atoms with Crippen LogP contribution in [-0.2, 0) is 10.0 Å². The number of hydrogen-bond donors (Lipinski definition) is 2. The number of aromatic nitrogens is 2. The molecule has 2 heterocycles. The Bertz CT molecular complexity index is 666. The number of rotatable bonds is 5. The molecule has 8 heteroatoms. The number of pyridine rings is 1. The second-order valence-electron chi connectivity index (χ2n) is 3.84. The Hall–Kier alpha value is -2.09. The third kappa shape index (κ3) is 3.02. The van der Waals surface area contributed by atoms with Gasteiger partial charge in [0.25, 0.3) is 10.0 Å². The fourth-order valence-electron chi connectivity index (χ4n) is 1.53. The molecule has 2 N–H and O–H groups in total. The lowest BCUT2D eigenvalue weighted by atomic mass is 10.4. The first-order valence-corrected chi connectivity index (χ1v) is 7.15. The molecule has 0 unspecified atom stereocenters. The Balaban J connectivity index is 2.34. The molecule has 0 spiro atoms. The highest BCUT2D eigenvalue weighted by molar-refractivity contribution is 7.92. The number of anilines is 2. The summed E-state index contributed by atoms with van der Waals surface area (Å²) in [5.41, 5.74) is 1.08. The molecule has 0 aliphatic heterocycles. The van der Waals surface area contributed by atoms with E-state index in [-0.39, 0.29) is 10.8 Å². The number of aryl methyl sites for hydroxylation is 1. The van der Waals surface area contributed by atoms with Crippen LogP contribution >= 0.6 is 0 Å². The molecule has 19 heavy (non-hydrogen) atoms. The molecule has 102 valence electrons. The van der Waals surface area contributed by atoms with E-state index in [0.29, 0.717) is 17.9 Å². The van der Waals surface area contributed by atoms with Crippen LogP contribution in [-0.4, -0.2) is 25.1 Å². The minimum Gasteiger partial charge on any atom is -0.384 e. The summed E-state index contributed by atoms with van der Waals surface area (Å²) in [7, 11) is -3.76. The van der Waals surface area contributed by atoms with E-state index in [2.05, 4.69) is 20.2 Å². The van der Waals surface area contributed by atoms with Gasteiger partial charge in [0.1, 0.15) is 4.90 Å². The molecule has 2 aromatic heterocycles. The van der Waals surface area contributed by atoms with E-state index >= 15 is 0 Å². The monoisotopic (exact) mass is 282 g/mol. The summed E-state index contributed by atoms with van der Waals surface area (Å²) in [4.78, 5) is 3.90. The van der Waals surface area contributed by atoms with Crippen LogP contribution in [0.15, 0.2) is 33.9 Å². The first kappa shape index (κ1) is 13.3. The zero-order valence-electron chi connectivity index (χ0n) is 10.5. The van der Waals surface area contributed by atoms with Crippen LogP contribution in [0.1, 0.15) is 12.6 Å². The second kappa shape index (κ2) is 5.27. The quantitative estimate of drug-likeness (QED) is 0.864. The average Bonchev–Trinajstić information content (AvgIpc) is 2.75. The van der Waals surface area contributed by atoms with Gasteiger partial charge in [-0.25, -0.2) is 13.1 Å². The Morgan fingerprint density at radius 3 is 2.84 bits per heavy atom. The molecule has 0 aliphatic carbocycles. The highest BCUT2D eigenvalue weighted by Gasteiger charge is 2.20. The first-order chi connectivity index (χ1) is 9.03. The number of nitrogens with one attached hydrogen (secondary N) is 2. The van der Waals surface area contributed by atoms with Gasteiger partial charge in [-0.15, -0.1) is 0 Å². The van der Waals surface area contributed by atoms with Gasteiger partial charge in [0.2, 0.25) is 5.88 Å². The minimum atomic E-state index is -3.76. The van der Waals surface area contributed by atoms with Gasteiger partial charge in [0.05, 0.1) is 11.4 Å². The molecule has 0 radical (unpaired) electrons. The van der Waals surface area contributed by atoms with E-state index in [1.807, 2.05) is 6.92 Å². The van der Waals surface area contributed by atoms with Crippen LogP contribution in [0.2, 0.25) is 0 Å². The predicted octanol–water partition coefficient (Wildman–Crippen LogP) is 1.61. The highest BCUT2D eigenvalue weighted by atomic mass is 32.2. The van der Waals surface area contributed by atoms with E-state index in [0.717, 1.165) is 0 Å². The number of nitrogens with zero attached hydrogens (tertiary/aromatic N) is 2. The molecule has 2 rings (SSSR count). The van der Waals surface area contributed by atoms with E-state index in [9.17, 15) is 8.42 Å². The average molecular weight is 282 g/mol. The van der Waals surface area contributed by atoms with Crippen molar-refractivity contribution >= 4 is 21.6 Å². The smallest absolute Gasteiger partial charge is 0.267 e.